The standard InChI is InChI=1S/C28H29N5O11S3/c1-15-5-7-17(8-6-15)47(40,41)43-10-9-16-12-45-25-21(24(37)33(25)22(16)26(38)39)31-23(36)20(18-13-46-27(30-18)29-14-34)32-42-11-19(35)44-28(2,3)4/h5-10,13-14,21,25H,11-12H2,1-4H3,(H,31,36)(H,38,39)(H,29,30,34)/t21?,25-/m0/s1. The van der Waals surface area contributed by atoms with Crippen LogP contribution < -0.4 is 10.6 Å². The molecule has 19 heteroatoms. The number of carboxylic acids is 1. The second-order valence-electron chi connectivity index (χ2n) is 10.8. The van der Waals surface area contributed by atoms with E-state index < -0.39 is 68.9 Å². The zero-order valence-corrected chi connectivity index (χ0v) is 27.7. The van der Waals surface area contributed by atoms with Crippen LogP contribution in [0.1, 0.15) is 32.0 Å². The smallest absolute Gasteiger partial charge is 0.352 e. The number of β-lactam (4-membered cyclic amide) rings is 1. The van der Waals surface area contributed by atoms with Crippen LogP contribution in [0, 0.1) is 6.92 Å². The molecular weight excluding hydrogens is 679 g/mol. The van der Waals surface area contributed by atoms with Crippen molar-refractivity contribution in [2.75, 3.05) is 17.7 Å². The number of aryl methyl sites for hydroxylation is 1. The Labute approximate surface area is 277 Å². The van der Waals surface area contributed by atoms with Crippen molar-refractivity contribution in [3.8, 4) is 0 Å². The average molecular weight is 708 g/mol. The molecule has 2 aliphatic heterocycles. The van der Waals surface area contributed by atoms with E-state index in [1.807, 2.05) is 0 Å². The Morgan fingerprint density at radius 2 is 1.91 bits per heavy atom. The molecular formula is C28H29N5O11S3. The Morgan fingerprint density at radius 3 is 2.55 bits per heavy atom. The summed E-state index contributed by atoms with van der Waals surface area (Å²) in [6.07, 6.45) is 2.36. The number of anilines is 1. The molecule has 3 N–H and O–H groups in total. The SMILES string of the molecule is Cc1ccc(S(=O)(=O)OC=CC2=C(C(=O)O)N3C(=O)C(NC(=O)C(=NOCC(=O)OC(C)(C)C)c4csc(NC=O)n4)[C@@H]3SC2)cc1. The van der Waals surface area contributed by atoms with Gasteiger partial charge in [0.25, 0.3) is 11.8 Å². The molecule has 0 radical (unpaired) electrons. The topological polar surface area (TPSA) is 220 Å². The van der Waals surface area contributed by atoms with E-state index in [9.17, 15) is 37.5 Å². The number of oxime groups is 1. The van der Waals surface area contributed by atoms with Crippen molar-refractivity contribution >= 4 is 74.2 Å². The number of allylic oxidation sites excluding steroid dienone is 1. The third-order valence-corrected chi connectivity index (χ3v) is 9.44. The Morgan fingerprint density at radius 1 is 1.21 bits per heavy atom. The number of ether oxygens (including phenoxy) is 1. The van der Waals surface area contributed by atoms with Crippen LogP contribution in [-0.2, 0) is 47.8 Å². The largest absolute Gasteiger partial charge is 0.477 e. The lowest BCUT2D eigenvalue weighted by molar-refractivity contribution is -0.160. The van der Waals surface area contributed by atoms with Crippen molar-refractivity contribution in [3.05, 3.63) is 64.5 Å². The number of hydrogen-bond acceptors (Lipinski definition) is 14. The predicted molar refractivity (Wildman–Crippen MR) is 168 cm³/mol. The van der Waals surface area contributed by atoms with Crippen molar-refractivity contribution in [3.63, 3.8) is 0 Å². The van der Waals surface area contributed by atoms with E-state index in [0.29, 0.717) is 6.41 Å². The number of rotatable bonds is 13. The van der Waals surface area contributed by atoms with Crippen molar-refractivity contribution in [1.29, 1.82) is 0 Å². The number of aromatic nitrogens is 1. The van der Waals surface area contributed by atoms with Gasteiger partial charge in [-0.2, -0.15) is 8.42 Å². The lowest BCUT2D eigenvalue weighted by Crippen LogP contribution is -2.71. The molecule has 47 heavy (non-hydrogen) atoms. The molecule has 1 fully saturated rings. The number of benzene rings is 1. The van der Waals surface area contributed by atoms with Gasteiger partial charge in [-0.15, -0.1) is 23.1 Å². The number of carboxylic acid groups (broad SMARTS) is 1. The minimum Gasteiger partial charge on any atom is -0.477 e. The van der Waals surface area contributed by atoms with Crippen LogP contribution in [0.5, 0.6) is 0 Å². The third kappa shape index (κ3) is 8.54. The molecule has 0 bridgehead atoms. The van der Waals surface area contributed by atoms with Crippen LogP contribution in [0.25, 0.3) is 0 Å². The molecule has 1 saturated heterocycles. The van der Waals surface area contributed by atoms with Gasteiger partial charge in [-0.05, 0) is 51.5 Å². The highest BCUT2D eigenvalue weighted by Gasteiger charge is 2.54. The Balaban J connectivity index is 1.49. The molecule has 0 spiro atoms. The van der Waals surface area contributed by atoms with Crippen molar-refractivity contribution in [2.45, 2.75) is 49.6 Å². The number of esters is 1. The summed E-state index contributed by atoms with van der Waals surface area (Å²) >= 11 is 2.08. The molecule has 2 atom stereocenters. The average Bonchev–Trinajstić information content (AvgIpc) is 3.45. The second kappa shape index (κ2) is 14.3. The van der Waals surface area contributed by atoms with Crippen LogP contribution in [0.3, 0.4) is 0 Å². The molecule has 2 aromatic rings. The Kier molecular flexibility index (Phi) is 10.7. The monoisotopic (exact) mass is 707 g/mol. The number of amides is 3. The maximum atomic E-state index is 13.3. The first kappa shape index (κ1) is 35.1. The highest BCUT2D eigenvalue weighted by atomic mass is 32.2. The summed E-state index contributed by atoms with van der Waals surface area (Å²) in [7, 11) is -4.18. The van der Waals surface area contributed by atoms with Crippen molar-refractivity contribution < 1.29 is 51.3 Å². The fourth-order valence-electron chi connectivity index (χ4n) is 4.15. The molecule has 1 aromatic heterocycles. The number of fused-ring (bicyclic) bond motifs is 1. The molecule has 4 rings (SSSR count). The summed E-state index contributed by atoms with van der Waals surface area (Å²) in [5.41, 5.74) is -0.728. The van der Waals surface area contributed by atoms with E-state index in [1.165, 1.54) is 17.5 Å². The van der Waals surface area contributed by atoms with Crippen LogP contribution in [0.4, 0.5) is 5.13 Å². The molecule has 2 aliphatic rings. The molecule has 0 aliphatic carbocycles. The number of carbonyl (C=O) groups is 5. The van der Waals surface area contributed by atoms with Crippen molar-refractivity contribution in [1.82, 2.24) is 15.2 Å². The van der Waals surface area contributed by atoms with Crippen LogP contribution >= 0.6 is 23.1 Å². The third-order valence-electron chi connectivity index (χ3n) is 6.15. The highest BCUT2D eigenvalue weighted by molar-refractivity contribution is 8.00. The van der Waals surface area contributed by atoms with Gasteiger partial charge in [-0.1, -0.05) is 22.9 Å². The summed E-state index contributed by atoms with van der Waals surface area (Å²) in [6, 6.07) is 4.74. The number of nitrogens with zero attached hydrogens (tertiary/aromatic N) is 3. The van der Waals surface area contributed by atoms with Gasteiger partial charge in [0.1, 0.15) is 39.6 Å². The molecule has 3 heterocycles. The number of hydrogen-bond donors (Lipinski definition) is 3. The molecule has 1 aromatic carbocycles. The molecule has 16 nitrogen and oxygen atoms in total. The zero-order valence-electron chi connectivity index (χ0n) is 25.3. The van der Waals surface area contributed by atoms with Gasteiger partial charge in [0.2, 0.25) is 13.0 Å². The lowest BCUT2D eigenvalue weighted by Gasteiger charge is -2.49. The Bertz CT molecular complexity index is 1780. The minimum absolute atomic E-state index is 0.0274. The lowest BCUT2D eigenvalue weighted by atomic mass is 10.0. The fourth-order valence-corrected chi connectivity index (χ4v) is 6.90. The minimum atomic E-state index is -4.18. The van der Waals surface area contributed by atoms with E-state index in [-0.39, 0.29) is 27.0 Å². The van der Waals surface area contributed by atoms with Crippen LogP contribution in [0.15, 0.2) is 63.3 Å². The van der Waals surface area contributed by atoms with Gasteiger partial charge in [-0.25, -0.2) is 14.6 Å². The first-order valence-electron chi connectivity index (χ1n) is 13.6. The quantitative estimate of drug-likeness (QED) is 0.0514. The molecule has 1 unspecified atom stereocenters. The normalized spacial score (nSPS) is 18.3. The van der Waals surface area contributed by atoms with Gasteiger partial charge in [0.05, 0.1) is 0 Å². The highest BCUT2D eigenvalue weighted by Crippen LogP contribution is 2.40. The summed E-state index contributed by atoms with van der Waals surface area (Å²) in [6.45, 7) is 6.11. The second-order valence-corrected chi connectivity index (χ2v) is 14.3. The number of thiazole rings is 1. The van der Waals surface area contributed by atoms with Gasteiger partial charge < -0.3 is 29.5 Å². The maximum absolute atomic E-state index is 13.3. The number of carbonyl (C=O) groups excluding carboxylic acids is 4. The first-order chi connectivity index (χ1) is 22.1. The number of thioether (sulfide) groups is 1. The molecule has 250 valence electrons. The van der Waals surface area contributed by atoms with E-state index in [0.717, 1.165) is 45.9 Å². The van der Waals surface area contributed by atoms with Gasteiger partial charge in [0, 0.05) is 11.1 Å². The molecule has 3 amide bonds. The summed E-state index contributed by atoms with van der Waals surface area (Å²) in [4.78, 5) is 71.6. The number of nitrogens with one attached hydrogen (secondary N) is 2. The van der Waals surface area contributed by atoms with Gasteiger partial charge >= 0.3 is 22.1 Å². The summed E-state index contributed by atoms with van der Waals surface area (Å²) in [5.74, 6) is -3.88. The number of aliphatic carboxylic acids is 1. The van der Waals surface area contributed by atoms with E-state index in [4.69, 9.17) is 13.8 Å². The van der Waals surface area contributed by atoms with E-state index in [2.05, 4.69) is 20.8 Å². The van der Waals surface area contributed by atoms with Crippen LogP contribution in [-0.4, -0.2) is 88.7 Å². The van der Waals surface area contributed by atoms with E-state index >= 15 is 0 Å². The molecule has 0 saturated carbocycles. The van der Waals surface area contributed by atoms with Gasteiger partial charge in [-0.3, -0.25) is 19.3 Å². The predicted octanol–water partition coefficient (Wildman–Crippen LogP) is 1.74. The first-order valence-corrected chi connectivity index (χ1v) is 16.9. The Hall–Kier alpha value is -4.75. The van der Waals surface area contributed by atoms with Gasteiger partial charge in [0.15, 0.2) is 10.8 Å². The zero-order chi connectivity index (χ0) is 34.5. The summed E-state index contributed by atoms with van der Waals surface area (Å²) < 4.78 is 35.1. The maximum Gasteiger partial charge on any atom is 0.352 e. The summed E-state index contributed by atoms with van der Waals surface area (Å²) in [5, 5.41) is 19.2. The van der Waals surface area contributed by atoms with E-state index in [1.54, 1.807) is 39.8 Å². The van der Waals surface area contributed by atoms with Crippen molar-refractivity contribution in [2.24, 2.45) is 5.16 Å². The fraction of sp³-hybridized carbons (Fsp3) is 0.321. The van der Waals surface area contributed by atoms with Crippen LogP contribution in [0.2, 0.25) is 0 Å².